The highest BCUT2D eigenvalue weighted by Crippen LogP contribution is 2.73. The van der Waals surface area contributed by atoms with Crippen molar-refractivity contribution in [3.63, 3.8) is 0 Å². The summed E-state index contributed by atoms with van der Waals surface area (Å²) in [6, 6.07) is 81.0. The zero-order valence-corrected chi connectivity index (χ0v) is 33.1. The number of rotatable bonds is 6. The fourth-order valence-electron chi connectivity index (χ4n) is 9.38. The van der Waals surface area contributed by atoms with Crippen molar-refractivity contribution in [3.05, 3.63) is 218 Å². The van der Waals surface area contributed by atoms with Crippen molar-refractivity contribution in [2.75, 3.05) is 0 Å². The molecule has 2 nitrogen and oxygen atoms in total. The molecule has 4 heteroatoms. The second-order valence-corrected chi connectivity index (χ2v) is 19.0. The molecule has 0 amide bonds. The number of thiophene rings is 1. The van der Waals surface area contributed by atoms with Gasteiger partial charge in [-0.1, -0.05) is 115 Å². The number of para-hydroxylation sites is 3. The summed E-state index contributed by atoms with van der Waals surface area (Å²) in [6.45, 7) is 0. The van der Waals surface area contributed by atoms with Crippen LogP contribution in [0.4, 0.5) is 0 Å². The van der Waals surface area contributed by atoms with Gasteiger partial charge in [-0.15, -0.1) is 21.4 Å². The van der Waals surface area contributed by atoms with E-state index >= 15 is 0 Å². The maximum atomic E-state index is 2.46. The van der Waals surface area contributed by atoms with E-state index in [0.29, 0.717) is 0 Å². The van der Waals surface area contributed by atoms with Crippen molar-refractivity contribution in [2.24, 2.45) is 0 Å². The topological polar surface area (TPSA) is 9.86 Å². The van der Waals surface area contributed by atoms with Crippen LogP contribution in [-0.4, -0.2) is 9.13 Å². The summed E-state index contributed by atoms with van der Waals surface area (Å²) < 4.78 is 7.55. The van der Waals surface area contributed by atoms with Crippen LogP contribution >= 0.6 is 21.4 Å². The van der Waals surface area contributed by atoms with E-state index < -0.39 is 10.0 Å². The molecule has 0 aliphatic carbocycles. The Kier molecular flexibility index (Phi) is 7.52. The van der Waals surface area contributed by atoms with Crippen molar-refractivity contribution >= 4 is 85.1 Å². The van der Waals surface area contributed by atoms with E-state index in [0.717, 1.165) is 11.4 Å². The van der Waals surface area contributed by atoms with E-state index in [1.807, 2.05) is 11.3 Å². The molecule has 0 fully saturated rings. The molecule has 0 saturated carbocycles. The summed E-state index contributed by atoms with van der Waals surface area (Å²) in [5, 5.41) is 7.81. The van der Waals surface area contributed by atoms with Gasteiger partial charge in [-0.2, -0.15) is 0 Å². The SMILES string of the molecule is c1ccc(S(c2ccccc2)(c2ccc(-n3c4ccccc4c4ccccc43)cc2)c2ccc(-n3c4ccccc4c4c5sc6ccccc6c5ccc43)cc2)cc1. The highest BCUT2D eigenvalue weighted by Gasteiger charge is 2.33. The van der Waals surface area contributed by atoms with E-state index in [-0.39, 0.29) is 0 Å². The zero-order chi connectivity index (χ0) is 38.2. The van der Waals surface area contributed by atoms with Crippen LogP contribution in [-0.2, 0) is 0 Å². The summed E-state index contributed by atoms with van der Waals surface area (Å²) >= 11 is 1.90. The first-order chi connectivity index (χ1) is 28.8. The fraction of sp³-hybridized carbons (Fsp3) is 0. The zero-order valence-electron chi connectivity index (χ0n) is 31.5. The monoisotopic (exact) mass is 776 g/mol. The Hall–Kier alpha value is -6.85. The summed E-state index contributed by atoms with van der Waals surface area (Å²) in [4.78, 5) is 5.21. The van der Waals surface area contributed by atoms with Gasteiger partial charge < -0.3 is 9.13 Å². The molecule has 9 aromatic carbocycles. The van der Waals surface area contributed by atoms with Gasteiger partial charge in [0.2, 0.25) is 0 Å². The van der Waals surface area contributed by atoms with E-state index in [2.05, 4.69) is 228 Å². The van der Waals surface area contributed by atoms with E-state index in [1.165, 1.54) is 83.4 Å². The lowest BCUT2D eigenvalue weighted by Gasteiger charge is -2.42. The molecule has 3 aromatic heterocycles. The maximum Gasteiger partial charge on any atom is 0.0555 e. The summed E-state index contributed by atoms with van der Waals surface area (Å²) in [5.74, 6) is 0. The number of hydrogen-bond donors (Lipinski definition) is 0. The van der Waals surface area contributed by atoms with Gasteiger partial charge in [-0.25, -0.2) is 0 Å². The van der Waals surface area contributed by atoms with Crippen molar-refractivity contribution in [1.82, 2.24) is 9.13 Å². The number of hydrogen-bond acceptors (Lipinski definition) is 1. The second-order valence-electron chi connectivity index (χ2n) is 14.9. The van der Waals surface area contributed by atoms with E-state index in [9.17, 15) is 0 Å². The molecule has 12 aromatic rings. The Morgan fingerprint density at radius 3 is 1.26 bits per heavy atom. The minimum atomic E-state index is -1.91. The Balaban J connectivity index is 1.06. The number of nitrogens with zero attached hydrogens (tertiary/aromatic N) is 2. The molecule has 58 heavy (non-hydrogen) atoms. The van der Waals surface area contributed by atoms with Crippen LogP contribution in [0.5, 0.6) is 0 Å². The minimum Gasteiger partial charge on any atom is -0.309 e. The van der Waals surface area contributed by atoms with Gasteiger partial charge in [0.05, 0.1) is 22.1 Å². The Morgan fingerprint density at radius 1 is 0.293 bits per heavy atom. The Morgan fingerprint density at radius 2 is 0.707 bits per heavy atom. The van der Waals surface area contributed by atoms with Crippen molar-refractivity contribution in [2.45, 2.75) is 19.6 Å². The molecule has 12 rings (SSSR count). The molecule has 0 aliphatic heterocycles. The quantitative estimate of drug-likeness (QED) is 0.159. The van der Waals surface area contributed by atoms with E-state index in [1.54, 1.807) is 0 Å². The lowest BCUT2D eigenvalue weighted by molar-refractivity contribution is 1.15. The second kappa shape index (κ2) is 13.1. The largest absolute Gasteiger partial charge is 0.309 e. The fourth-order valence-corrected chi connectivity index (χ4v) is 14.5. The van der Waals surface area contributed by atoms with Crippen LogP contribution in [0.1, 0.15) is 0 Å². The molecule has 0 aliphatic rings. The Bertz CT molecular complexity index is 3390. The third-order valence-electron chi connectivity index (χ3n) is 11.9. The molecule has 0 unspecified atom stereocenters. The molecule has 274 valence electrons. The van der Waals surface area contributed by atoms with Crippen LogP contribution in [0.25, 0.3) is 75.2 Å². The predicted octanol–water partition coefficient (Wildman–Crippen LogP) is 15.6. The van der Waals surface area contributed by atoms with Crippen molar-refractivity contribution in [1.29, 1.82) is 0 Å². The Labute approximate surface area is 341 Å². The first-order valence-electron chi connectivity index (χ1n) is 19.8. The van der Waals surface area contributed by atoms with Gasteiger partial charge >= 0.3 is 0 Å². The van der Waals surface area contributed by atoms with Crippen LogP contribution < -0.4 is 0 Å². The van der Waals surface area contributed by atoms with Gasteiger partial charge in [0.15, 0.2) is 0 Å². The molecule has 0 saturated heterocycles. The predicted molar refractivity (Wildman–Crippen MR) is 248 cm³/mol. The molecule has 0 radical (unpaired) electrons. The van der Waals surface area contributed by atoms with Gasteiger partial charge in [-0.3, -0.25) is 0 Å². The van der Waals surface area contributed by atoms with Gasteiger partial charge in [0.1, 0.15) is 0 Å². The average Bonchev–Trinajstić information content (AvgIpc) is 3.96. The molecule has 0 bridgehead atoms. The third-order valence-corrected chi connectivity index (χ3v) is 17.0. The van der Waals surface area contributed by atoms with Crippen LogP contribution in [0.15, 0.2) is 238 Å². The van der Waals surface area contributed by atoms with Crippen molar-refractivity contribution < 1.29 is 0 Å². The van der Waals surface area contributed by atoms with Crippen LogP contribution in [0, 0.1) is 0 Å². The number of aromatic nitrogens is 2. The lowest BCUT2D eigenvalue weighted by atomic mass is 10.1. The van der Waals surface area contributed by atoms with Crippen molar-refractivity contribution in [3.8, 4) is 11.4 Å². The third kappa shape index (κ3) is 4.80. The molecule has 0 atom stereocenters. The highest BCUT2D eigenvalue weighted by molar-refractivity contribution is 8.34. The molecule has 0 N–H and O–H groups in total. The van der Waals surface area contributed by atoms with Gasteiger partial charge in [0, 0.05) is 72.7 Å². The summed E-state index contributed by atoms with van der Waals surface area (Å²) in [7, 11) is -1.91. The molecular weight excluding hydrogens is 741 g/mol. The first-order valence-corrected chi connectivity index (χ1v) is 22.2. The molecule has 0 spiro atoms. The van der Waals surface area contributed by atoms with Gasteiger partial charge in [0.25, 0.3) is 0 Å². The smallest absolute Gasteiger partial charge is 0.0555 e. The van der Waals surface area contributed by atoms with Crippen LogP contribution in [0.3, 0.4) is 0 Å². The molecule has 3 heterocycles. The summed E-state index contributed by atoms with van der Waals surface area (Å²) in [6.07, 6.45) is 0. The highest BCUT2D eigenvalue weighted by atomic mass is 32.3. The average molecular weight is 777 g/mol. The first kappa shape index (κ1) is 33.3. The standard InChI is InChI=1S/C54H36N2S2/c1-3-15-39(16-4-1)58(40-17-5-2-6-18-40,41-31-27-37(28-32-41)55-48-23-11-7-19-43(48)44-20-8-12-24-49(44)55)42-33-29-38(30-34-42)56-50-25-13-9-22-47(50)53-51(56)36-35-46-45-21-10-14-26-52(45)57-54(46)53/h1-36H. The maximum absolute atomic E-state index is 2.46. The van der Waals surface area contributed by atoms with Crippen LogP contribution in [0.2, 0.25) is 0 Å². The number of benzene rings is 9. The molecular formula is C54H36N2S2. The van der Waals surface area contributed by atoms with E-state index in [4.69, 9.17) is 0 Å². The normalized spacial score (nSPS) is 12.4. The summed E-state index contributed by atoms with van der Waals surface area (Å²) in [5.41, 5.74) is 7.21. The number of fused-ring (bicyclic) bond motifs is 10. The van der Waals surface area contributed by atoms with Gasteiger partial charge in [-0.05, 0) is 103 Å². The lowest BCUT2D eigenvalue weighted by Crippen LogP contribution is -2.06. The minimum absolute atomic E-state index is 1.16.